The molecule has 7 nitrogen and oxygen atoms in total. The van der Waals surface area contributed by atoms with Gasteiger partial charge in [-0.3, -0.25) is 4.68 Å². The number of hydrogen-bond acceptors (Lipinski definition) is 6. The summed E-state index contributed by atoms with van der Waals surface area (Å²) in [5.41, 5.74) is 2.65. The van der Waals surface area contributed by atoms with Crippen molar-refractivity contribution in [3.8, 4) is 22.9 Å². The molecule has 2 heterocycles. The van der Waals surface area contributed by atoms with Crippen molar-refractivity contribution >= 4 is 0 Å². The summed E-state index contributed by atoms with van der Waals surface area (Å²) in [6.07, 6.45) is 0. The molecule has 2 aromatic heterocycles. The molecule has 0 spiro atoms. The van der Waals surface area contributed by atoms with E-state index in [1.165, 1.54) is 0 Å². The van der Waals surface area contributed by atoms with Crippen LogP contribution in [0.4, 0.5) is 0 Å². The summed E-state index contributed by atoms with van der Waals surface area (Å²) in [5.74, 6) is 2.15. The van der Waals surface area contributed by atoms with E-state index in [0.29, 0.717) is 28.8 Å². The van der Waals surface area contributed by atoms with Crippen LogP contribution in [0.3, 0.4) is 0 Å². The van der Waals surface area contributed by atoms with Gasteiger partial charge in [-0.1, -0.05) is 11.2 Å². The zero-order valence-electron chi connectivity index (χ0n) is 14.4. The van der Waals surface area contributed by atoms with E-state index in [4.69, 9.17) is 14.0 Å². The molecule has 0 fully saturated rings. The highest BCUT2D eigenvalue weighted by molar-refractivity contribution is 5.71. The van der Waals surface area contributed by atoms with E-state index in [2.05, 4.69) is 15.2 Å². The van der Waals surface area contributed by atoms with E-state index < -0.39 is 0 Å². The Bertz CT molecular complexity index is 831. The molecule has 1 unspecified atom stereocenters. The van der Waals surface area contributed by atoms with Crippen molar-refractivity contribution in [2.24, 2.45) is 0 Å². The van der Waals surface area contributed by atoms with Gasteiger partial charge in [0.15, 0.2) is 0 Å². The van der Waals surface area contributed by atoms with Crippen molar-refractivity contribution in [2.45, 2.75) is 26.8 Å². The van der Waals surface area contributed by atoms with Crippen LogP contribution in [0.5, 0.6) is 11.5 Å². The molecule has 0 aliphatic rings. The van der Waals surface area contributed by atoms with Gasteiger partial charge in [0.1, 0.15) is 23.1 Å². The predicted octanol–water partition coefficient (Wildman–Crippen LogP) is 3.18. The molecule has 0 bridgehead atoms. The molecule has 0 N–H and O–H groups in total. The summed E-state index contributed by atoms with van der Waals surface area (Å²) in [6, 6.07) is 7.36. The minimum absolute atomic E-state index is 0.166. The molecule has 0 saturated carbocycles. The van der Waals surface area contributed by atoms with Gasteiger partial charge in [0.2, 0.25) is 5.82 Å². The first-order valence-electron chi connectivity index (χ1n) is 7.63. The second-order valence-corrected chi connectivity index (χ2v) is 5.54. The topological polar surface area (TPSA) is 75.2 Å². The Hall–Kier alpha value is -2.83. The lowest BCUT2D eigenvalue weighted by molar-refractivity contribution is 0.333. The van der Waals surface area contributed by atoms with Crippen LogP contribution in [0.2, 0.25) is 0 Å². The predicted molar refractivity (Wildman–Crippen MR) is 88.4 cm³/mol. The van der Waals surface area contributed by atoms with Crippen molar-refractivity contribution in [3.05, 3.63) is 41.5 Å². The minimum Gasteiger partial charge on any atom is -0.496 e. The Morgan fingerprint density at radius 3 is 2.33 bits per heavy atom. The van der Waals surface area contributed by atoms with E-state index in [-0.39, 0.29) is 6.04 Å². The lowest BCUT2D eigenvalue weighted by atomic mass is 10.1. The SMILES string of the molecule is COc1cccc(OC)c1-c1noc(C(C)n2nc(C)cc2C)n1. The van der Waals surface area contributed by atoms with Crippen LogP contribution >= 0.6 is 0 Å². The molecule has 0 aliphatic carbocycles. The third-order valence-corrected chi connectivity index (χ3v) is 3.86. The molecule has 1 aromatic carbocycles. The van der Waals surface area contributed by atoms with Crippen LogP contribution in [0.1, 0.15) is 30.2 Å². The number of hydrogen-bond donors (Lipinski definition) is 0. The second kappa shape index (κ2) is 6.35. The molecule has 0 saturated heterocycles. The number of aromatic nitrogens is 4. The lowest BCUT2D eigenvalue weighted by Gasteiger charge is -2.10. The average molecular weight is 328 g/mol. The maximum Gasteiger partial charge on any atom is 0.251 e. The number of nitrogens with zero attached hydrogens (tertiary/aromatic N) is 4. The fourth-order valence-corrected chi connectivity index (χ4v) is 2.72. The summed E-state index contributed by atoms with van der Waals surface area (Å²) in [6.45, 7) is 5.92. The van der Waals surface area contributed by atoms with Crippen LogP contribution in [-0.2, 0) is 0 Å². The molecule has 1 atom stereocenters. The summed E-state index contributed by atoms with van der Waals surface area (Å²) >= 11 is 0. The molecule has 0 aliphatic heterocycles. The Labute approximate surface area is 140 Å². The van der Waals surface area contributed by atoms with Gasteiger partial charge >= 0.3 is 0 Å². The fourth-order valence-electron chi connectivity index (χ4n) is 2.72. The number of methoxy groups -OCH3 is 2. The highest BCUT2D eigenvalue weighted by Crippen LogP contribution is 2.37. The summed E-state index contributed by atoms with van der Waals surface area (Å²) < 4.78 is 18.1. The number of ether oxygens (including phenoxy) is 2. The standard InChI is InChI=1S/C17H20N4O3/c1-10-9-11(2)21(19-10)12(3)17-18-16(20-24-17)15-13(22-4)7-6-8-14(15)23-5/h6-9,12H,1-5H3. The van der Waals surface area contributed by atoms with Crippen LogP contribution in [0, 0.1) is 13.8 Å². The van der Waals surface area contributed by atoms with Gasteiger partial charge in [-0.2, -0.15) is 10.1 Å². The minimum atomic E-state index is -0.166. The molecule has 126 valence electrons. The van der Waals surface area contributed by atoms with Crippen molar-refractivity contribution in [2.75, 3.05) is 14.2 Å². The Morgan fingerprint density at radius 2 is 1.79 bits per heavy atom. The van der Waals surface area contributed by atoms with E-state index in [1.807, 2.05) is 49.7 Å². The molecular formula is C17H20N4O3. The molecule has 7 heteroatoms. The average Bonchev–Trinajstić information content (AvgIpc) is 3.19. The Kier molecular flexibility index (Phi) is 4.24. The lowest BCUT2D eigenvalue weighted by Crippen LogP contribution is -2.10. The Balaban J connectivity index is 2.01. The van der Waals surface area contributed by atoms with Gasteiger partial charge in [0, 0.05) is 5.69 Å². The van der Waals surface area contributed by atoms with Crippen molar-refractivity contribution in [1.82, 2.24) is 19.9 Å². The van der Waals surface area contributed by atoms with Crippen molar-refractivity contribution in [1.29, 1.82) is 0 Å². The summed E-state index contributed by atoms with van der Waals surface area (Å²) in [5, 5.41) is 8.57. The van der Waals surface area contributed by atoms with Gasteiger partial charge in [-0.15, -0.1) is 0 Å². The zero-order chi connectivity index (χ0) is 17.3. The van der Waals surface area contributed by atoms with Gasteiger partial charge < -0.3 is 14.0 Å². The van der Waals surface area contributed by atoms with E-state index in [0.717, 1.165) is 11.4 Å². The number of benzene rings is 1. The smallest absolute Gasteiger partial charge is 0.251 e. The molecule has 0 radical (unpaired) electrons. The quantitative estimate of drug-likeness (QED) is 0.716. The first kappa shape index (κ1) is 16.0. The normalized spacial score (nSPS) is 12.2. The second-order valence-electron chi connectivity index (χ2n) is 5.54. The zero-order valence-corrected chi connectivity index (χ0v) is 14.4. The molecule has 3 rings (SSSR count). The van der Waals surface area contributed by atoms with E-state index in [9.17, 15) is 0 Å². The number of rotatable bonds is 5. The first-order chi connectivity index (χ1) is 11.5. The largest absolute Gasteiger partial charge is 0.496 e. The maximum atomic E-state index is 5.47. The van der Waals surface area contributed by atoms with Crippen LogP contribution in [0.25, 0.3) is 11.4 Å². The molecule has 24 heavy (non-hydrogen) atoms. The van der Waals surface area contributed by atoms with Crippen molar-refractivity contribution < 1.29 is 14.0 Å². The van der Waals surface area contributed by atoms with E-state index >= 15 is 0 Å². The molecule has 3 aromatic rings. The maximum absolute atomic E-state index is 5.47. The van der Waals surface area contributed by atoms with Crippen LogP contribution in [0.15, 0.2) is 28.8 Å². The van der Waals surface area contributed by atoms with Crippen LogP contribution < -0.4 is 9.47 Å². The molecular weight excluding hydrogens is 308 g/mol. The fraction of sp³-hybridized carbons (Fsp3) is 0.353. The highest BCUT2D eigenvalue weighted by atomic mass is 16.5. The van der Waals surface area contributed by atoms with Gasteiger partial charge in [0.25, 0.3) is 5.89 Å². The Morgan fingerprint density at radius 1 is 1.12 bits per heavy atom. The summed E-state index contributed by atoms with van der Waals surface area (Å²) in [4.78, 5) is 4.53. The van der Waals surface area contributed by atoms with Gasteiger partial charge in [-0.25, -0.2) is 0 Å². The monoisotopic (exact) mass is 328 g/mol. The first-order valence-corrected chi connectivity index (χ1v) is 7.63. The van der Waals surface area contributed by atoms with E-state index in [1.54, 1.807) is 14.2 Å². The highest BCUT2D eigenvalue weighted by Gasteiger charge is 2.22. The number of aryl methyl sites for hydroxylation is 2. The third-order valence-electron chi connectivity index (χ3n) is 3.86. The van der Waals surface area contributed by atoms with Gasteiger partial charge in [0.05, 0.1) is 19.9 Å². The van der Waals surface area contributed by atoms with Gasteiger partial charge in [-0.05, 0) is 39.0 Å². The van der Waals surface area contributed by atoms with Crippen molar-refractivity contribution in [3.63, 3.8) is 0 Å². The summed E-state index contributed by atoms with van der Waals surface area (Å²) in [7, 11) is 3.19. The van der Waals surface area contributed by atoms with Crippen LogP contribution in [-0.4, -0.2) is 34.1 Å². The molecule has 0 amide bonds. The third kappa shape index (κ3) is 2.73.